The zero-order valence-electron chi connectivity index (χ0n) is 27.6. The lowest BCUT2D eigenvalue weighted by atomic mass is 10.1. The molecule has 0 saturated carbocycles. The Morgan fingerprint density at radius 2 is 1.26 bits per heavy atom. The van der Waals surface area contributed by atoms with E-state index in [9.17, 15) is 14.3 Å². The Morgan fingerprint density at radius 1 is 0.721 bits per heavy atom. The molecule has 2 unspecified atom stereocenters. The summed E-state index contributed by atoms with van der Waals surface area (Å²) in [4.78, 5) is 24.6. The summed E-state index contributed by atoms with van der Waals surface area (Å²) in [5, 5.41) is 0. The van der Waals surface area contributed by atoms with E-state index in [1.807, 2.05) is 27.2 Å². The third-order valence-corrected chi connectivity index (χ3v) is 7.08. The maximum Gasteiger partial charge on any atom is 0.310 e. The average molecular weight is 626 g/mol. The zero-order valence-corrected chi connectivity index (χ0v) is 28.5. The summed E-state index contributed by atoms with van der Waals surface area (Å²) in [6.07, 6.45) is 31.4. The number of likely N-dealkylation sites (N-methyl/N-ethyl adjacent to an activating group) is 1. The SMILES string of the molecule is CC/C=C\C/C=C\C/C=C\C/C=C\C/C=C\CC(=O)OC(COCCCCCCCC)COP(=O)([O-])OCC[N+](C)(C)C. The second-order valence-electron chi connectivity index (χ2n) is 11.5. The van der Waals surface area contributed by atoms with E-state index in [1.54, 1.807) is 6.08 Å². The first-order chi connectivity index (χ1) is 20.6. The minimum Gasteiger partial charge on any atom is -0.756 e. The van der Waals surface area contributed by atoms with Gasteiger partial charge in [0.05, 0.1) is 40.8 Å². The Morgan fingerprint density at radius 3 is 1.81 bits per heavy atom. The maximum atomic E-state index is 12.4. The topological polar surface area (TPSA) is 94.1 Å². The summed E-state index contributed by atoms with van der Waals surface area (Å²) < 4.78 is 33.9. The molecule has 9 heteroatoms. The van der Waals surface area contributed by atoms with E-state index >= 15 is 0 Å². The summed E-state index contributed by atoms with van der Waals surface area (Å²) in [6, 6.07) is 0. The van der Waals surface area contributed by atoms with Crippen molar-refractivity contribution in [3.8, 4) is 0 Å². The highest BCUT2D eigenvalue weighted by molar-refractivity contribution is 7.45. The van der Waals surface area contributed by atoms with Gasteiger partial charge in [0.15, 0.2) is 0 Å². The van der Waals surface area contributed by atoms with Gasteiger partial charge in [-0.2, -0.15) is 0 Å². The molecule has 8 nitrogen and oxygen atoms in total. The Kier molecular flexibility index (Phi) is 26.6. The van der Waals surface area contributed by atoms with Crippen LogP contribution in [0, 0.1) is 0 Å². The molecule has 0 spiro atoms. The van der Waals surface area contributed by atoms with Crippen LogP contribution in [-0.4, -0.2) is 70.7 Å². The number of carbonyl (C=O) groups is 1. The normalized spacial score (nSPS) is 15.0. The predicted octanol–water partition coefficient (Wildman–Crippen LogP) is 7.62. The molecule has 2 atom stereocenters. The molecule has 0 aromatic rings. The Bertz CT molecular complexity index is 874. The molecule has 0 aromatic carbocycles. The highest BCUT2D eigenvalue weighted by atomic mass is 31.2. The third kappa shape index (κ3) is 31.4. The molecule has 43 heavy (non-hydrogen) atoms. The first-order valence-corrected chi connectivity index (χ1v) is 17.5. The second kappa shape index (κ2) is 27.7. The molecular weight excluding hydrogens is 565 g/mol. The van der Waals surface area contributed by atoms with Crippen molar-refractivity contribution in [3.05, 3.63) is 60.8 Å². The summed E-state index contributed by atoms with van der Waals surface area (Å²) in [6.45, 7) is 5.06. The lowest BCUT2D eigenvalue weighted by Gasteiger charge is -2.28. The first kappa shape index (κ1) is 41.2. The fourth-order valence-corrected chi connectivity index (χ4v) is 4.35. The van der Waals surface area contributed by atoms with Gasteiger partial charge in [-0.25, -0.2) is 0 Å². The molecule has 0 aliphatic carbocycles. The van der Waals surface area contributed by atoms with Crippen LogP contribution in [0.4, 0.5) is 0 Å². The molecule has 0 amide bonds. The quantitative estimate of drug-likeness (QED) is 0.0290. The summed E-state index contributed by atoms with van der Waals surface area (Å²) in [7, 11) is 1.29. The van der Waals surface area contributed by atoms with Gasteiger partial charge in [0.2, 0.25) is 0 Å². The molecule has 0 N–H and O–H groups in total. The highest BCUT2D eigenvalue weighted by Gasteiger charge is 2.20. The highest BCUT2D eigenvalue weighted by Crippen LogP contribution is 2.38. The molecule has 0 bridgehead atoms. The number of quaternary nitrogens is 1. The zero-order chi connectivity index (χ0) is 32.1. The number of allylic oxidation sites excluding steroid dienone is 9. The van der Waals surface area contributed by atoms with E-state index in [1.165, 1.54) is 19.3 Å². The first-order valence-electron chi connectivity index (χ1n) is 16.0. The maximum absolute atomic E-state index is 12.4. The molecule has 0 aliphatic heterocycles. The van der Waals surface area contributed by atoms with Crippen LogP contribution in [0.3, 0.4) is 0 Å². The van der Waals surface area contributed by atoms with Crippen molar-refractivity contribution in [3.63, 3.8) is 0 Å². The molecule has 0 saturated heterocycles. The van der Waals surface area contributed by atoms with Gasteiger partial charge in [0.25, 0.3) is 7.82 Å². The van der Waals surface area contributed by atoms with E-state index < -0.39 is 19.9 Å². The van der Waals surface area contributed by atoms with Crippen LogP contribution in [0.1, 0.15) is 90.9 Å². The number of ether oxygens (including phenoxy) is 2. The number of rotatable bonds is 28. The molecule has 0 heterocycles. The molecule has 0 aliphatic rings. The smallest absolute Gasteiger partial charge is 0.310 e. The van der Waals surface area contributed by atoms with Gasteiger partial charge in [0.1, 0.15) is 19.3 Å². The van der Waals surface area contributed by atoms with Crippen LogP contribution in [0.5, 0.6) is 0 Å². The molecule has 248 valence electrons. The van der Waals surface area contributed by atoms with Crippen molar-refractivity contribution in [2.45, 2.75) is 97.0 Å². The fraction of sp³-hybridized carbons (Fsp3) is 0.676. The largest absolute Gasteiger partial charge is 0.756 e. The van der Waals surface area contributed by atoms with Crippen LogP contribution in [0.25, 0.3) is 0 Å². The number of esters is 1. The third-order valence-electron chi connectivity index (χ3n) is 6.12. The summed E-state index contributed by atoms with van der Waals surface area (Å²) >= 11 is 0. The van der Waals surface area contributed by atoms with Gasteiger partial charge in [-0.1, -0.05) is 107 Å². The number of nitrogens with zero attached hydrogens (tertiary/aromatic N) is 1. The van der Waals surface area contributed by atoms with Crippen molar-refractivity contribution in [2.24, 2.45) is 0 Å². The summed E-state index contributed by atoms with van der Waals surface area (Å²) in [5.74, 6) is -0.468. The van der Waals surface area contributed by atoms with Crippen molar-refractivity contribution < 1.29 is 37.3 Å². The number of phosphoric acid groups is 1. The van der Waals surface area contributed by atoms with Gasteiger partial charge < -0.3 is 27.9 Å². The molecule has 0 radical (unpaired) electrons. The van der Waals surface area contributed by atoms with E-state index in [0.29, 0.717) is 24.1 Å². The van der Waals surface area contributed by atoms with Gasteiger partial charge >= 0.3 is 5.97 Å². The molecule has 0 aromatic heterocycles. The number of phosphoric ester groups is 1. The Labute approximate surface area is 262 Å². The number of hydrogen-bond donors (Lipinski definition) is 0. The van der Waals surface area contributed by atoms with Crippen LogP contribution in [0.15, 0.2) is 60.8 Å². The van der Waals surface area contributed by atoms with Gasteiger partial charge in [-0.05, 0) is 38.5 Å². The van der Waals surface area contributed by atoms with Crippen LogP contribution in [0.2, 0.25) is 0 Å². The lowest BCUT2D eigenvalue weighted by molar-refractivity contribution is -0.870. The van der Waals surface area contributed by atoms with E-state index in [0.717, 1.165) is 44.9 Å². The van der Waals surface area contributed by atoms with Gasteiger partial charge in [-0.15, -0.1) is 0 Å². The average Bonchev–Trinajstić information content (AvgIpc) is 2.94. The fourth-order valence-electron chi connectivity index (χ4n) is 3.62. The summed E-state index contributed by atoms with van der Waals surface area (Å²) in [5.41, 5.74) is 0. The molecule has 0 fully saturated rings. The van der Waals surface area contributed by atoms with E-state index in [-0.39, 0.29) is 26.2 Å². The Balaban J connectivity index is 4.51. The second-order valence-corrected chi connectivity index (χ2v) is 12.9. The van der Waals surface area contributed by atoms with Crippen molar-refractivity contribution in [2.75, 3.05) is 54.1 Å². The minimum absolute atomic E-state index is 0.00728. The standard InChI is InChI=1S/C34H60NO7P/c1-6-8-10-12-14-15-16-17-18-19-20-21-22-23-25-27-34(36)42-33(31-39-29-26-24-13-11-9-7-2)32-41-43(37,38)40-30-28-35(3,4)5/h8,10,14-15,17-18,20-21,23,25,33H,6-7,9,11-13,16,19,22,24,26-32H2,1-5H3/b10-8-,15-14-,18-17-,21-20-,25-23-. The minimum atomic E-state index is -4.53. The van der Waals surface area contributed by atoms with Gasteiger partial charge in [-0.3, -0.25) is 9.36 Å². The predicted molar refractivity (Wildman–Crippen MR) is 176 cm³/mol. The van der Waals surface area contributed by atoms with E-state index in [2.05, 4.69) is 62.5 Å². The molecule has 0 rings (SSSR count). The van der Waals surface area contributed by atoms with Gasteiger partial charge in [0, 0.05) is 6.61 Å². The number of unbranched alkanes of at least 4 members (excludes halogenated alkanes) is 5. The monoisotopic (exact) mass is 625 g/mol. The number of hydrogen-bond acceptors (Lipinski definition) is 7. The molecular formula is C34H60NO7P. The van der Waals surface area contributed by atoms with Crippen LogP contribution < -0.4 is 4.89 Å². The van der Waals surface area contributed by atoms with Crippen molar-refractivity contribution >= 4 is 13.8 Å². The van der Waals surface area contributed by atoms with Crippen LogP contribution >= 0.6 is 7.82 Å². The van der Waals surface area contributed by atoms with Crippen molar-refractivity contribution in [1.82, 2.24) is 0 Å². The van der Waals surface area contributed by atoms with Crippen molar-refractivity contribution in [1.29, 1.82) is 0 Å². The number of carbonyl (C=O) groups excluding carboxylic acids is 1. The lowest BCUT2D eigenvalue weighted by Crippen LogP contribution is -2.37. The Hall–Kier alpha value is -1.80. The van der Waals surface area contributed by atoms with E-state index in [4.69, 9.17) is 18.5 Å². The van der Waals surface area contributed by atoms with Crippen LogP contribution in [-0.2, 0) is 27.9 Å².